The molecule has 0 aromatic carbocycles. The molecule has 6 heteroatoms. The summed E-state index contributed by atoms with van der Waals surface area (Å²) >= 11 is 0. The molecule has 1 aromatic rings. The fourth-order valence-corrected chi connectivity index (χ4v) is 2.45. The van der Waals surface area contributed by atoms with Crippen LogP contribution in [0.5, 0.6) is 0 Å². The number of carbonyl (C=O) groups is 1. The second-order valence-electron chi connectivity index (χ2n) is 5.52. The number of nitrogens with two attached hydrogens (primary N) is 1. The number of nitrogens with zero attached hydrogens (tertiary/aromatic N) is 3. The van der Waals surface area contributed by atoms with Crippen LogP contribution >= 0.6 is 0 Å². The molecule has 2 rings (SSSR count). The molecule has 2 heterocycles. The average molecular weight is 266 g/mol. The van der Waals surface area contributed by atoms with Crippen molar-refractivity contribution in [3.8, 4) is 0 Å². The maximum absolute atomic E-state index is 12.6. The van der Waals surface area contributed by atoms with Crippen LogP contribution in [-0.4, -0.2) is 45.9 Å². The van der Waals surface area contributed by atoms with Crippen LogP contribution in [-0.2, 0) is 18.2 Å². The summed E-state index contributed by atoms with van der Waals surface area (Å²) in [6.07, 6.45) is 0.724. The van der Waals surface area contributed by atoms with Gasteiger partial charge in [0.15, 0.2) is 0 Å². The minimum absolute atomic E-state index is 0.0661. The van der Waals surface area contributed by atoms with Crippen LogP contribution < -0.4 is 5.73 Å². The number of ether oxygens (including phenoxy) is 1. The van der Waals surface area contributed by atoms with Gasteiger partial charge in [-0.25, -0.2) is 0 Å². The minimum Gasteiger partial charge on any atom is -0.395 e. The Bertz CT molecular complexity index is 493. The summed E-state index contributed by atoms with van der Waals surface area (Å²) < 4.78 is 7.20. The number of anilines is 1. The van der Waals surface area contributed by atoms with E-state index in [1.807, 2.05) is 20.8 Å². The predicted molar refractivity (Wildman–Crippen MR) is 72.9 cm³/mol. The van der Waals surface area contributed by atoms with Gasteiger partial charge < -0.3 is 15.4 Å². The highest BCUT2D eigenvalue weighted by atomic mass is 16.5. The van der Waals surface area contributed by atoms with E-state index in [9.17, 15) is 4.79 Å². The van der Waals surface area contributed by atoms with E-state index in [1.165, 1.54) is 0 Å². The number of aryl methyl sites for hydroxylation is 2. The number of hydrogen-bond acceptors (Lipinski definition) is 4. The van der Waals surface area contributed by atoms with Gasteiger partial charge in [-0.15, -0.1) is 0 Å². The molecule has 0 saturated carbocycles. The van der Waals surface area contributed by atoms with Crippen LogP contribution in [0.15, 0.2) is 0 Å². The summed E-state index contributed by atoms with van der Waals surface area (Å²) in [5.41, 5.74) is 7.47. The zero-order valence-corrected chi connectivity index (χ0v) is 12.1. The second kappa shape index (κ2) is 4.85. The SMILES string of the molecule is CCc1nn(C)c(C(=O)N2CCOC(C)(C)C2)c1N. The molecule has 0 spiro atoms. The van der Waals surface area contributed by atoms with Gasteiger partial charge in [0, 0.05) is 20.1 Å². The Morgan fingerprint density at radius 2 is 2.21 bits per heavy atom. The number of carbonyl (C=O) groups excluding carboxylic acids is 1. The van der Waals surface area contributed by atoms with Crippen molar-refractivity contribution in [1.82, 2.24) is 14.7 Å². The Hall–Kier alpha value is -1.56. The summed E-state index contributed by atoms with van der Waals surface area (Å²) in [4.78, 5) is 14.4. The first-order chi connectivity index (χ1) is 8.85. The first kappa shape index (κ1) is 13.9. The third-order valence-corrected chi connectivity index (χ3v) is 3.41. The Morgan fingerprint density at radius 1 is 1.53 bits per heavy atom. The van der Waals surface area contributed by atoms with Crippen molar-refractivity contribution in [1.29, 1.82) is 0 Å². The second-order valence-corrected chi connectivity index (χ2v) is 5.52. The lowest BCUT2D eigenvalue weighted by Crippen LogP contribution is -2.51. The molecule has 0 aliphatic carbocycles. The van der Waals surface area contributed by atoms with E-state index in [4.69, 9.17) is 10.5 Å². The Kier molecular flexibility index (Phi) is 3.54. The Balaban J connectivity index is 2.27. The van der Waals surface area contributed by atoms with Gasteiger partial charge in [-0.3, -0.25) is 9.48 Å². The quantitative estimate of drug-likeness (QED) is 0.860. The van der Waals surface area contributed by atoms with Crippen LogP contribution in [0.3, 0.4) is 0 Å². The standard InChI is InChI=1S/C13H22N4O2/c1-5-9-10(14)11(16(4)15-9)12(18)17-6-7-19-13(2,3)8-17/h5-8,14H2,1-4H3. The van der Waals surface area contributed by atoms with Crippen molar-refractivity contribution >= 4 is 11.6 Å². The molecule has 19 heavy (non-hydrogen) atoms. The van der Waals surface area contributed by atoms with Crippen molar-refractivity contribution in [2.24, 2.45) is 7.05 Å². The molecule has 1 aliphatic heterocycles. The van der Waals surface area contributed by atoms with Crippen LogP contribution in [0.4, 0.5) is 5.69 Å². The van der Waals surface area contributed by atoms with E-state index in [0.717, 1.165) is 12.1 Å². The number of nitrogen functional groups attached to an aromatic ring is 1. The zero-order chi connectivity index (χ0) is 14.2. The average Bonchev–Trinajstić information content (AvgIpc) is 2.62. The molecule has 106 valence electrons. The smallest absolute Gasteiger partial charge is 0.274 e. The van der Waals surface area contributed by atoms with Gasteiger partial charge in [0.05, 0.1) is 23.6 Å². The Labute approximate surface area is 113 Å². The van der Waals surface area contributed by atoms with Crippen LogP contribution in [0.1, 0.15) is 37.0 Å². The molecule has 0 bridgehead atoms. The van der Waals surface area contributed by atoms with E-state index < -0.39 is 0 Å². The molecule has 0 atom stereocenters. The summed E-state index contributed by atoms with van der Waals surface area (Å²) in [6, 6.07) is 0. The number of aromatic nitrogens is 2. The molecule has 2 N–H and O–H groups in total. The lowest BCUT2D eigenvalue weighted by Gasteiger charge is -2.38. The van der Waals surface area contributed by atoms with E-state index >= 15 is 0 Å². The van der Waals surface area contributed by atoms with Crippen molar-refractivity contribution in [3.05, 3.63) is 11.4 Å². The first-order valence-corrected chi connectivity index (χ1v) is 6.60. The van der Waals surface area contributed by atoms with E-state index in [0.29, 0.717) is 31.1 Å². The molecule has 0 unspecified atom stereocenters. The third-order valence-electron chi connectivity index (χ3n) is 3.41. The number of rotatable bonds is 2. The van der Waals surface area contributed by atoms with Gasteiger partial charge in [0.25, 0.3) is 5.91 Å². The predicted octanol–water partition coefficient (Wildman–Crippen LogP) is 0.816. The maximum atomic E-state index is 12.6. The van der Waals surface area contributed by atoms with Crippen molar-refractivity contribution in [2.75, 3.05) is 25.4 Å². The molecule has 6 nitrogen and oxygen atoms in total. The van der Waals surface area contributed by atoms with E-state index in [-0.39, 0.29) is 11.5 Å². The fraction of sp³-hybridized carbons (Fsp3) is 0.692. The molecule has 0 radical (unpaired) electrons. The normalized spacial score (nSPS) is 18.6. The summed E-state index contributed by atoms with van der Waals surface area (Å²) in [7, 11) is 1.76. The molecular weight excluding hydrogens is 244 g/mol. The highest BCUT2D eigenvalue weighted by molar-refractivity contribution is 5.98. The van der Waals surface area contributed by atoms with Crippen molar-refractivity contribution in [3.63, 3.8) is 0 Å². The highest BCUT2D eigenvalue weighted by Crippen LogP contribution is 2.22. The number of morpholine rings is 1. The first-order valence-electron chi connectivity index (χ1n) is 6.60. The summed E-state index contributed by atoms with van der Waals surface area (Å²) in [5, 5.41) is 4.29. The molecule has 1 aliphatic rings. The van der Waals surface area contributed by atoms with Gasteiger partial charge >= 0.3 is 0 Å². The molecule has 1 amide bonds. The third kappa shape index (κ3) is 2.58. The topological polar surface area (TPSA) is 73.4 Å². The van der Waals surface area contributed by atoms with E-state index in [2.05, 4.69) is 5.10 Å². The lowest BCUT2D eigenvalue weighted by atomic mass is 10.1. The molecule has 1 saturated heterocycles. The van der Waals surface area contributed by atoms with E-state index in [1.54, 1.807) is 16.6 Å². The molecular formula is C13H22N4O2. The van der Waals surface area contributed by atoms with Gasteiger partial charge in [-0.2, -0.15) is 5.10 Å². The van der Waals surface area contributed by atoms with Crippen LogP contribution in [0.25, 0.3) is 0 Å². The highest BCUT2D eigenvalue weighted by Gasteiger charge is 2.32. The lowest BCUT2D eigenvalue weighted by molar-refractivity contribution is -0.0765. The van der Waals surface area contributed by atoms with Gasteiger partial charge in [-0.05, 0) is 20.3 Å². The monoisotopic (exact) mass is 266 g/mol. The maximum Gasteiger partial charge on any atom is 0.274 e. The Morgan fingerprint density at radius 3 is 2.74 bits per heavy atom. The van der Waals surface area contributed by atoms with Crippen LogP contribution in [0, 0.1) is 0 Å². The van der Waals surface area contributed by atoms with Crippen molar-refractivity contribution < 1.29 is 9.53 Å². The fourth-order valence-electron chi connectivity index (χ4n) is 2.45. The summed E-state index contributed by atoms with van der Waals surface area (Å²) in [6.45, 7) is 7.65. The largest absolute Gasteiger partial charge is 0.395 e. The van der Waals surface area contributed by atoms with Gasteiger partial charge in [-0.1, -0.05) is 6.92 Å². The molecule has 1 aromatic heterocycles. The van der Waals surface area contributed by atoms with Gasteiger partial charge in [0.1, 0.15) is 5.69 Å². The van der Waals surface area contributed by atoms with Gasteiger partial charge in [0.2, 0.25) is 0 Å². The summed E-state index contributed by atoms with van der Waals surface area (Å²) in [5.74, 6) is -0.0661. The van der Waals surface area contributed by atoms with Crippen molar-refractivity contribution in [2.45, 2.75) is 32.8 Å². The number of amides is 1. The zero-order valence-electron chi connectivity index (χ0n) is 12.1. The molecule has 1 fully saturated rings. The minimum atomic E-state index is -0.311. The van der Waals surface area contributed by atoms with Crippen LogP contribution in [0.2, 0.25) is 0 Å². The number of hydrogen-bond donors (Lipinski definition) is 1.